The first-order valence-electron chi connectivity index (χ1n) is 8.98. The number of ether oxygens (including phenoxy) is 1. The summed E-state index contributed by atoms with van der Waals surface area (Å²) in [7, 11) is 0. The highest BCUT2D eigenvalue weighted by Gasteiger charge is 2.28. The number of aliphatic hydroxyl groups is 1. The molecular formula is C19H22F2N2O4. The molecule has 3 rings (SSSR count). The molecule has 1 saturated heterocycles. The van der Waals surface area contributed by atoms with E-state index in [4.69, 9.17) is 9.26 Å². The molecule has 1 aliphatic heterocycles. The van der Waals surface area contributed by atoms with Crippen molar-refractivity contribution in [1.29, 1.82) is 0 Å². The molecule has 1 N–H and O–H groups in total. The van der Waals surface area contributed by atoms with Crippen molar-refractivity contribution in [3.63, 3.8) is 0 Å². The fourth-order valence-electron chi connectivity index (χ4n) is 3.21. The molecule has 6 nitrogen and oxygen atoms in total. The van der Waals surface area contributed by atoms with Gasteiger partial charge >= 0.3 is 0 Å². The molecule has 146 valence electrons. The lowest BCUT2D eigenvalue weighted by molar-refractivity contribution is 0.0447. The molecule has 0 spiro atoms. The van der Waals surface area contributed by atoms with Crippen molar-refractivity contribution >= 4 is 5.91 Å². The number of carbonyl (C=O) groups is 1. The predicted octanol–water partition coefficient (Wildman–Crippen LogP) is 3.15. The third kappa shape index (κ3) is 4.63. The van der Waals surface area contributed by atoms with Crippen LogP contribution in [0.25, 0.3) is 0 Å². The van der Waals surface area contributed by atoms with Crippen LogP contribution in [-0.2, 0) is 6.61 Å². The first-order valence-corrected chi connectivity index (χ1v) is 8.98. The Labute approximate surface area is 155 Å². The van der Waals surface area contributed by atoms with E-state index in [1.807, 2.05) is 6.92 Å². The van der Waals surface area contributed by atoms with Gasteiger partial charge in [-0.15, -0.1) is 0 Å². The SMILES string of the molecule is CCC(O)C1CCN(C(=O)c2cc(COc3ccc(F)cc3F)on2)CC1. The standard InChI is InChI=1S/C19H22F2N2O4/c1-2-17(24)12-5-7-23(8-6-12)19(25)16-10-14(27-22-16)11-26-18-4-3-13(20)9-15(18)21/h3-4,9-10,12,17,24H,2,5-8,11H2,1H3. The molecule has 27 heavy (non-hydrogen) atoms. The van der Waals surface area contributed by atoms with Crippen molar-refractivity contribution in [2.75, 3.05) is 13.1 Å². The Kier molecular flexibility index (Phi) is 6.05. The van der Waals surface area contributed by atoms with Crippen molar-refractivity contribution < 1.29 is 27.9 Å². The molecule has 1 aromatic heterocycles. The van der Waals surface area contributed by atoms with E-state index in [1.165, 1.54) is 12.1 Å². The second kappa shape index (κ2) is 8.47. The van der Waals surface area contributed by atoms with Gasteiger partial charge in [0.2, 0.25) is 0 Å². The zero-order chi connectivity index (χ0) is 19.4. The highest BCUT2D eigenvalue weighted by Crippen LogP contribution is 2.24. The van der Waals surface area contributed by atoms with Crippen molar-refractivity contribution in [1.82, 2.24) is 10.1 Å². The summed E-state index contributed by atoms with van der Waals surface area (Å²) in [4.78, 5) is 14.2. The molecule has 1 amide bonds. The molecule has 1 atom stereocenters. The van der Waals surface area contributed by atoms with Gasteiger partial charge in [0.1, 0.15) is 12.4 Å². The van der Waals surface area contributed by atoms with Gasteiger partial charge in [-0.2, -0.15) is 0 Å². The number of benzene rings is 1. The van der Waals surface area contributed by atoms with Gasteiger partial charge in [-0.1, -0.05) is 12.1 Å². The van der Waals surface area contributed by atoms with Crippen LogP contribution >= 0.6 is 0 Å². The number of amides is 1. The van der Waals surface area contributed by atoms with Gasteiger partial charge in [0.15, 0.2) is 23.0 Å². The molecule has 1 fully saturated rings. The van der Waals surface area contributed by atoms with Crippen LogP contribution in [0.5, 0.6) is 5.75 Å². The van der Waals surface area contributed by atoms with Gasteiger partial charge in [0, 0.05) is 25.2 Å². The van der Waals surface area contributed by atoms with Crippen molar-refractivity contribution in [2.45, 2.75) is 38.9 Å². The zero-order valence-corrected chi connectivity index (χ0v) is 15.0. The van der Waals surface area contributed by atoms with E-state index < -0.39 is 11.6 Å². The van der Waals surface area contributed by atoms with Crippen LogP contribution in [0.15, 0.2) is 28.8 Å². The number of piperidine rings is 1. The van der Waals surface area contributed by atoms with Crippen LogP contribution in [0.2, 0.25) is 0 Å². The van der Waals surface area contributed by atoms with Crippen LogP contribution in [0.4, 0.5) is 8.78 Å². The van der Waals surface area contributed by atoms with Gasteiger partial charge < -0.3 is 19.3 Å². The van der Waals surface area contributed by atoms with Gasteiger partial charge in [-0.05, 0) is 37.3 Å². The molecule has 1 unspecified atom stereocenters. The molecule has 2 heterocycles. The summed E-state index contributed by atoms with van der Waals surface area (Å²) in [5.74, 6) is -1.39. The topological polar surface area (TPSA) is 75.8 Å². The monoisotopic (exact) mass is 380 g/mol. The number of rotatable bonds is 6. The van der Waals surface area contributed by atoms with E-state index in [-0.39, 0.29) is 41.7 Å². The number of aromatic nitrogens is 1. The van der Waals surface area contributed by atoms with Crippen molar-refractivity contribution in [2.24, 2.45) is 5.92 Å². The minimum atomic E-state index is -0.817. The summed E-state index contributed by atoms with van der Waals surface area (Å²) in [5, 5.41) is 13.7. The smallest absolute Gasteiger partial charge is 0.276 e. The number of nitrogens with zero attached hydrogens (tertiary/aromatic N) is 2. The number of carbonyl (C=O) groups excluding carboxylic acids is 1. The normalized spacial score (nSPS) is 16.4. The minimum absolute atomic E-state index is 0.114. The fourth-order valence-corrected chi connectivity index (χ4v) is 3.21. The lowest BCUT2D eigenvalue weighted by Crippen LogP contribution is -2.41. The largest absolute Gasteiger partial charge is 0.482 e. The summed E-state index contributed by atoms with van der Waals surface area (Å²) in [6.45, 7) is 2.92. The molecule has 0 bridgehead atoms. The van der Waals surface area contributed by atoms with Gasteiger partial charge in [-0.25, -0.2) is 8.78 Å². The number of halogens is 2. The maximum Gasteiger partial charge on any atom is 0.276 e. The average Bonchev–Trinajstić information content (AvgIpc) is 3.15. The Balaban J connectivity index is 1.55. The van der Waals surface area contributed by atoms with Gasteiger partial charge in [0.05, 0.1) is 6.10 Å². The summed E-state index contributed by atoms with van der Waals surface area (Å²) < 4.78 is 36.8. The Hall–Kier alpha value is -2.48. The summed E-state index contributed by atoms with van der Waals surface area (Å²) in [6.07, 6.45) is 1.88. The Morgan fingerprint density at radius 2 is 2.11 bits per heavy atom. The summed E-state index contributed by atoms with van der Waals surface area (Å²) in [5.41, 5.74) is 0.155. The summed E-state index contributed by atoms with van der Waals surface area (Å²) in [6, 6.07) is 4.45. The van der Waals surface area contributed by atoms with E-state index in [0.717, 1.165) is 25.0 Å². The molecular weight excluding hydrogens is 358 g/mol. The second-order valence-corrected chi connectivity index (χ2v) is 6.65. The maximum absolute atomic E-state index is 13.6. The maximum atomic E-state index is 13.6. The lowest BCUT2D eigenvalue weighted by Gasteiger charge is -2.33. The van der Waals surface area contributed by atoms with Crippen LogP contribution in [0.3, 0.4) is 0 Å². The van der Waals surface area contributed by atoms with Gasteiger partial charge in [0.25, 0.3) is 5.91 Å². The highest BCUT2D eigenvalue weighted by molar-refractivity contribution is 5.92. The molecule has 1 aromatic carbocycles. The molecule has 0 aliphatic carbocycles. The first-order chi connectivity index (χ1) is 13.0. The number of hydrogen-bond donors (Lipinski definition) is 1. The number of likely N-dealkylation sites (tertiary alicyclic amines) is 1. The van der Waals surface area contributed by atoms with E-state index in [1.54, 1.807) is 4.90 Å². The zero-order valence-electron chi connectivity index (χ0n) is 15.0. The van der Waals surface area contributed by atoms with E-state index >= 15 is 0 Å². The number of hydrogen-bond acceptors (Lipinski definition) is 5. The minimum Gasteiger partial charge on any atom is -0.482 e. The van der Waals surface area contributed by atoms with Crippen LogP contribution < -0.4 is 4.74 Å². The first kappa shape index (κ1) is 19.3. The molecule has 0 radical (unpaired) electrons. The van der Waals surface area contributed by atoms with Crippen molar-refractivity contribution in [3.8, 4) is 5.75 Å². The van der Waals surface area contributed by atoms with E-state index in [9.17, 15) is 18.7 Å². The fraction of sp³-hybridized carbons (Fsp3) is 0.474. The van der Waals surface area contributed by atoms with Crippen LogP contribution in [0.1, 0.15) is 42.4 Å². The number of aliphatic hydroxyl groups excluding tert-OH is 1. The third-order valence-electron chi connectivity index (χ3n) is 4.83. The highest BCUT2D eigenvalue weighted by atomic mass is 19.1. The lowest BCUT2D eigenvalue weighted by atomic mass is 9.90. The average molecular weight is 380 g/mol. The van der Waals surface area contributed by atoms with Gasteiger partial charge in [-0.3, -0.25) is 4.79 Å². The Bertz CT molecular complexity index is 788. The summed E-state index contributed by atoms with van der Waals surface area (Å²) >= 11 is 0. The van der Waals surface area contributed by atoms with Crippen LogP contribution in [-0.4, -0.2) is 40.3 Å². The third-order valence-corrected chi connectivity index (χ3v) is 4.83. The van der Waals surface area contributed by atoms with E-state index in [0.29, 0.717) is 19.5 Å². The van der Waals surface area contributed by atoms with Crippen molar-refractivity contribution in [3.05, 3.63) is 47.4 Å². The molecule has 0 saturated carbocycles. The Morgan fingerprint density at radius 1 is 1.37 bits per heavy atom. The predicted molar refractivity (Wildman–Crippen MR) is 92.1 cm³/mol. The second-order valence-electron chi connectivity index (χ2n) is 6.65. The molecule has 1 aliphatic rings. The molecule has 8 heteroatoms. The van der Waals surface area contributed by atoms with E-state index in [2.05, 4.69) is 5.16 Å². The quantitative estimate of drug-likeness (QED) is 0.833. The van der Waals surface area contributed by atoms with Crippen LogP contribution in [0, 0.1) is 17.6 Å². The molecule has 2 aromatic rings. The Morgan fingerprint density at radius 3 is 2.78 bits per heavy atom.